The molecule has 7 N–H and O–H groups in total. The number of hydrogen-bond acceptors (Lipinski definition) is 8. The molecule has 0 saturated carbocycles. The number of guanidine groups is 1. The van der Waals surface area contributed by atoms with Crippen molar-refractivity contribution in [1.29, 1.82) is 0 Å². The summed E-state index contributed by atoms with van der Waals surface area (Å²) in [5, 5.41) is 8.18. The number of ether oxygens (including phenoxy) is 3. The SMILES string of the molecule is Cc1ccc(COC(=O)[C@H](CCCCNC(=O)OC(C)(C)C)NC(=O)[C@H](CCCN=C(N)N)NC(=O)OCC2c3ccccc3-c3ccccc32)cc1. The van der Waals surface area contributed by atoms with E-state index < -0.39 is 41.7 Å². The molecule has 284 valence electrons. The van der Waals surface area contributed by atoms with Crippen molar-refractivity contribution in [2.75, 3.05) is 19.7 Å². The molecule has 0 radical (unpaired) electrons. The Kier molecular flexibility index (Phi) is 14.6. The van der Waals surface area contributed by atoms with Crippen molar-refractivity contribution in [2.24, 2.45) is 16.5 Å². The van der Waals surface area contributed by atoms with Crippen LogP contribution in [0.25, 0.3) is 11.1 Å². The highest BCUT2D eigenvalue weighted by atomic mass is 16.6. The van der Waals surface area contributed by atoms with Gasteiger partial charge in [0.2, 0.25) is 5.91 Å². The van der Waals surface area contributed by atoms with Crippen LogP contribution in [0.1, 0.15) is 81.0 Å². The number of carbonyl (C=O) groups excluding carboxylic acids is 4. The third-order valence-corrected chi connectivity index (χ3v) is 8.59. The fourth-order valence-corrected chi connectivity index (χ4v) is 5.99. The molecule has 0 aromatic heterocycles. The van der Waals surface area contributed by atoms with E-state index in [0.717, 1.165) is 33.4 Å². The molecular weight excluding hydrogens is 676 g/mol. The molecule has 1 aliphatic rings. The topological polar surface area (TPSA) is 196 Å². The highest BCUT2D eigenvalue weighted by molar-refractivity contribution is 5.89. The predicted molar refractivity (Wildman–Crippen MR) is 203 cm³/mol. The zero-order chi connectivity index (χ0) is 38.4. The second kappa shape index (κ2) is 19.3. The van der Waals surface area contributed by atoms with Crippen molar-refractivity contribution in [1.82, 2.24) is 16.0 Å². The number of nitrogens with zero attached hydrogens (tertiary/aromatic N) is 1. The smallest absolute Gasteiger partial charge is 0.407 e. The predicted octanol–water partition coefficient (Wildman–Crippen LogP) is 5.18. The second-order valence-electron chi connectivity index (χ2n) is 14.1. The molecule has 53 heavy (non-hydrogen) atoms. The molecule has 3 amide bonds. The van der Waals surface area contributed by atoms with Gasteiger partial charge in [0.05, 0.1) is 0 Å². The highest BCUT2D eigenvalue weighted by Crippen LogP contribution is 2.44. The summed E-state index contributed by atoms with van der Waals surface area (Å²) in [5.41, 5.74) is 16.5. The van der Waals surface area contributed by atoms with Crippen molar-refractivity contribution < 1.29 is 33.4 Å². The van der Waals surface area contributed by atoms with Crippen LogP contribution in [-0.2, 0) is 30.4 Å². The van der Waals surface area contributed by atoms with Gasteiger partial charge in [-0.3, -0.25) is 9.79 Å². The van der Waals surface area contributed by atoms with Gasteiger partial charge in [-0.1, -0.05) is 78.4 Å². The van der Waals surface area contributed by atoms with Gasteiger partial charge in [-0.05, 0) is 87.6 Å². The number of carbonyl (C=O) groups is 4. The Morgan fingerprint density at radius 2 is 1.40 bits per heavy atom. The largest absolute Gasteiger partial charge is 0.459 e. The summed E-state index contributed by atoms with van der Waals surface area (Å²) in [6.07, 6.45) is 0.408. The molecule has 0 saturated heterocycles. The monoisotopic (exact) mass is 728 g/mol. The van der Waals surface area contributed by atoms with Gasteiger partial charge in [0.1, 0.15) is 30.9 Å². The maximum atomic E-state index is 13.8. The number of hydrogen-bond donors (Lipinski definition) is 5. The maximum Gasteiger partial charge on any atom is 0.407 e. The molecule has 13 nitrogen and oxygen atoms in total. The number of rotatable bonds is 17. The third-order valence-electron chi connectivity index (χ3n) is 8.59. The number of nitrogens with one attached hydrogen (secondary N) is 3. The van der Waals surface area contributed by atoms with Crippen LogP contribution in [0.15, 0.2) is 77.8 Å². The number of benzene rings is 3. The van der Waals surface area contributed by atoms with Gasteiger partial charge in [-0.2, -0.15) is 0 Å². The van der Waals surface area contributed by atoms with Gasteiger partial charge in [-0.15, -0.1) is 0 Å². The molecule has 4 rings (SSSR count). The number of unbranched alkanes of at least 4 members (excludes halogenated alkanes) is 1. The summed E-state index contributed by atoms with van der Waals surface area (Å²) < 4.78 is 16.6. The number of amides is 3. The van der Waals surface area contributed by atoms with Gasteiger partial charge in [-0.25, -0.2) is 14.4 Å². The Morgan fingerprint density at radius 1 is 0.774 bits per heavy atom. The van der Waals surface area contributed by atoms with Gasteiger partial charge in [0, 0.05) is 19.0 Å². The number of aryl methyl sites for hydroxylation is 1. The molecule has 0 unspecified atom stereocenters. The van der Waals surface area contributed by atoms with Crippen molar-refractivity contribution in [3.8, 4) is 11.1 Å². The lowest BCUT2D eigenvalue weighted by molar-refractivity contribution is -0.149. The van der Waals surface area contributed by atoms with Gasteiger partial charge >= 0.3 is 18.2 Å². The normalized spacial score (nSPS) is 13.1. The maximum absolute atomic E-state index is 13.8. The van der Waals surface area contributed by atoms with E-state index in [-0.39, 0.29) is 44.5 Å². The average Bonchev–Trinajstić information content (AvgIpc) is 3.43. The van der Waals surface area contributed by atoms with Gasteiger partial charge < -0.3 is 41.6 Å². The first-order chi connectivity index (χ1) is 25.3. The minimum atomic E-state index is -1.07. The molecular formula is C40H52N6O7. The molecule has 1 aliphatic carbocycles. The van der Waals surface area contributed by atoms with E-state index in [4.69, 9.17) is 25.7 Å². The van der Waals surface area contributed by atoms with Crippen LogP contribution in [0.3, 0.4) is 0 Å². The first-order valence-electron chi connectivity index (χ1n) is 18.0. The minimum absolute atomic E-state index is 0.0195. The molecule has 0 fully saturated rings. The quantitative estimate of drug-likeness (QED) is 0.0409. The first kappa shape index (κ1) is 40.2. The van der Waals surface area contributed by atoms with Crippen molar-refractivity contribution in [3.05, 3.63) is 95.1 Å². The van der Waals surface area contributed by atoms with Crippen molar-refractivity contribution in [3.63, 3.8) is 0 Å². The molecule has 3 aromatic carbocycles. The average molecular weight is 729 g/mol. The Balaban J connectivity index is 1.41. The van der Waals surface area contributed by atoms with E-state index in [1.807, 2.05) is 79.7 Å². The Labute approximate surface area is 311 Å². The van der Waals surface area contributed by atoms with Crippen LogP contribution in [0.5, 0.6) is 0 Å². The van der Waals surface area contributed by atoms with Crippen LogP contribution < -0.4 is 27.4 Å². The fraction of sp³-hybridized carbons (Fsp3) is 0.425. The number of alkyl carbamates (subject to hydrolysis) is 2. The molecule has 0 aliphatic heterocycles. The van der Waals surface area contributed by atoms with Crippen LogP contribution >= 0.6 is 0 Å². The number of aliphatic imine (C=N–C) groups is 1. The van der Waals surface area contributed by atoms with E-state index in [2.05, 4.69) is 20.9 Å². The number of nitrogens with two attached hydrogens (primary N) is 2. The van der Waals surface area contributed by atoms with Crippen LogP contribution in [0, 0.1) is 6.92 Å². The number of esters is 1. The van der Waals surface area contributed by atoms with E-state index in [0.29, 0.717) is 25.8 Å². The zero-order valence-corrected chi connectivity index (χ0v) is 31.0. The molecule has 3 aromatic rings. The van der Waals surface area contributed by atoms with E-state index in [1.165, 1.54) is 0 Å². The van der Waals surface area contributed by atoms with E-state index >= 15 is 0 Å². The van der Waals surface area contributed by atoms with E-state index in [9.17, 15) is 19.2 Å². The van der Waals surface area contributed by atoms with Crippen molar-refractivity contribution >= 4 is 30.0 Å². The molecule has 0 spiro atoms. The summed E-state index contributed by atoms with van der Waals surface area (Å²) in [4.78, 5) is 56.5. The standard InChI is InChI=1S/C40H52N6O7/c1-26-18-20-27(21-19-26)24-51-36(48)34(16-9-10-22-44-38(49)53-40(2,3)4)45-35(47)33(17-11-23-43-37(41)42)46-39(50)52-25-32-30-14-7-5-12-28(30)29-13-6-8-15-31(29)32/h5-8,12-15,18-21,32-34H,9-11,16-17,22-25H2,1-4H3,(H,44,49)(H,45,47)(H,46,50)(H4,41,42,43)/t33-,34-/m0/s1. The Morgan fingerprint density at radius 3 is 2.02 bits per heavy atom. The summed E-state index contributed by atoms with van der Waals surface area (Å²) in [6, 6.07) is 21.5. The molecule has 13 heteroatoms. The third kappa shape index (κ3) is 12.8. The summed E-state index contributed by atoms with van der Waals surface area (Å²) >= 11 is 0. The summed E-state index contributed by atoms with van der Waals surface area (Å²) in [7, 11) is 0. The van der Waals surface area contributed by atoms with Crippen LogP contribution in [0.4, 0.5) is 9.59 Å². The Bertz CT molecular complexity index is 1690. The first-order valence-corrected chi connectivity index (χ1v) is 18.0. The van der Waals surface area contributed by atoms with Crippen molar-refractivity contribution in [2.45, 2.75) is 90.0 Å². The van der Waals surface area contributed by atoms with E-state index in [1.54, 1.807) is 20.8 Å². The summed E-state index contributed by atoms with van der Waals surface area (Å²) in [6.45, 7) is 7.91. The molecule has 0 bridgehead atoms. The second-order valence-corrected chi connectivity index (χ2v) is 14.1. The minimum Gasteiger partial charge on any atom is -0.459 e. The van der Waals surface area contributed by atoms with Crippen LogP contribution in [-0.4, -0.2) is 67.4 Å². The fourth-order valence-electron chi connectivity index (χ4n) is 5.99. The number of fused-ring (bicyclic) bond motifs is 3. The van der Waals surface area contributed by atoms with Gasteiger partial charge in [0.25, 0.3) is 0 Å². The lowest BCUT2D eigenvalue weighted by Gasteiger charge is -2.23. The van der Waals surface area contributed by atoms with Crippen LogP contribution in [0.2, 0.25) is 0 Å². The lowest BCUT2D eigenvalue weighted by atomic mass is 9.98. The molecule has 0 heterocycles. The Hall–Kier alpha value is -5.59. The zero-order valence-electron chi connectivity index (χ0n) is 31.0. The molecule has 2 atom stereocenters. The van der Waals surface area contributed by atoms with Gasteiger partial charge in [0.15, 0.2) is 5.96 Å². The highest BCUT2D eigenvalue weighted by Gasteiger charge is 2.31. The summed E-state index contributed by atoms with van der Waals surface area (Å²) in [5.74, 6) is -1.47. The lowest BCUT2D eigenvalue weighted by Crippen LogP contribution is -2.52.